The molecule has 0 fully saturated rings. The van der Waals surface area contributed by atoms with Crippen LogP contribution in [0.25, 0.3) is 0 Å². The number of carboxylic acid groups (broad SMARTS) is 1. The van der Waals surface area contributed by atoms with Gasteiger partial charge in [-0.1, -0.05) is 13.8 Å². The maximum atomic E-state index is 12.2. The lowest BCUT2D eigenvalue weighted by atomic mass is 9.88. The average Bonchev–Trinajstić information content (AvgIpc) is 2.60. The fourth-order valence-corrected chi connectivity index (χ4v) is 2.60. The summed E-state index contributed by atoms with van der Waals surface area (Å²) < 4.78 is 0. The highest BCUT2D eigenvalue weighted by Crippen LogP contribution is 2.31. The second kappa shape index (κ2) is 4.87. The Kier molecular flexibility index (Phi) is 3.93. The van der Waals surface area contributed by atoms with E-state index in [4.69, 9.17) is 5.11 Å². The van der Waals surface area contributed by atoms with E-state index in [1.54, 1.807) is 25.8 Å². The molecule has 0 atom stereocenters. The van der Waals surface area contributed by atoms with Gasteiger partial charge in [-0.3, -0.25) is 9.59 Å². The third-order valence-electron chi connectivity index (χ3n) is 2.62. The van der Waals surface area contributed by atoms with E-state index in [2.05, 4.69) is 0 Å². The van der Waals surface area contributed by atoms with Gasteiger partial charge in [-0.15, -0.1) is 11.3 Å². The number of hydrogen-bond donors (Lipinski definition) is 1. The number of anilines is 1. The molecule has 1 N–H and O–H groups in total. The zero-order valence-corrected chi connectivity index (χ0v) is 11.3. The fraction of sp³-hybridized carbons (Fsp3) is 0.500. The van der Waals surface area contributed by atoms with Gasteiger partial charge in [0, 0.05) is 7.05 Å². The highest BCUT2D eigenvalue weighted by molar-refractivity contribution is 7.14. The predicted octanol–water partition coefficient (Wildman–Crippen LogP) is 2.52. The minimum absolute atomic E-state index is 0.166. The molecule has 17 heavy (non-hydrogen) atoms. The first-order chi connectivity index (χ1) is 7.75. The summed E-state index contributed by atoms with van der Waals surface area (Å²) in [5.41, 5.74) is 0.133. The smallest absolute Gasteiger partial charge is 0.304 e. The Bertz CT molecular complexity index is 437. The molecule has 0 unspecified atom stereocenters. The predicted molar refractivity (Wildman–Crippen MR) is 68.5 cm³/mol. The largest absolute Gasteiger partial charge is 0.481 e. The molecule has 1 rings (SSSR count). The van der Waals surface area contributed by atoms with E-state index < -0.39 is 11.4 Å². The SMILES string of the molecule is Cc1ccsc1N(C)C(=O)C(C)(C)CC(=O)O. The van der Waals surface area contributed by atoms with E-state index in [-0.39, 0.29) is 12.3 Å². The highest BCUT2D eigenvalue weighted by Gasteiger charge is 2.34. The lowest BCUT2D eigenvalue weighted by Crippen LogP contribution is -2.39. The van der Waals surface area contributed by atoms with Crippen molar-refractivity contribution in [3.05, 3.63) is 17.0 Å². The zero-order valence-electron chi connectivity index (χ0n) is 10.5. The van der Waals surface area contributed by atoms with Gasteiger partial charge in [-0.05, 0) is 23.9 Å². The molecule has 0 saturated carbocycles. The molecule has 0 spiro atoms. The zero-order chi connectivity index (χ0) is 13.2. The van der Waals surface area contributed by atoms with E-state index in [0.29, 0.717) is 0 Å². The minimum Gasteiger partial charge on any atom is -0.481 e. The number of hydrogen-bond acceptors (Lipinski definition) is 3. The average molecular weight is 255 g/mol. The monoisotopic (exact) mass is 255 g/mol. The molecule has 0 aliphatic heterocycles. The van der Waals surface area contributed by atoms with Gasteiger partial charge in [0.2, 0.25) is 5.91 Å². The lowest BCUT2D eigenvalue weighted by Gasteiger charge is -2.27. The van der Waals surface area contributed by atoms with Gasteiger partial charge in [0.05, 0.1) is 11.8 Å². The van der Waals surface area contributed by atoms with Crippen LogP contribution in [0.15, 0.2) is 11.4 Å². The molecule has 0 aliphatic carbocycles. The molecule has 0 radical (unpaired) electrons. The number of carboxylic acids is 1. The Morgan fingerprint density at radius 1 is 1.47 bits per heavy atom. The summed E-state index contributed by atoms with van der Waals surface area (Å²) >= 11 is 1.48. The topological polar surface area (TPSA) is 57.6 Å². The Morgan fingerprint density at radius 3 is 2.47 bits per heavy atom. The van der Waals surface area contributed by atoms with Crippen molar-refractivity contribution in [3.63, 3.8) is 0 Å². The van der Waals surface area contributed by atoms with Crippen LogP contribution < -0.4 is 4.90 Å². The Morgan fingerprint density at radius 2 is 2.06 bits per heavy atom. The highest BCUT2D eigenvalue weighted by atomic mass is 32.1. The molecule has 0 aromatic carbocycles. The standard InChI is InChI=1S/C12H17NO3S/c1-8-5-6-17-10(8)13(4)11(16)12(2,3)7-9(14)15/h5-6H,7H2,1-4H3,(H,14,15). The summed E-state index contributed by atoms with van der Waals surface area (Å²) in [7, 11) is 1.69. The summed E-state index contributed by atoms with van der Waals surface area (Å²) in [4.78, 5) is 24.5. The number of carbonyl (C=O) groups excluding carboxylic acids is 1. The lowest BCUT2D eigenvalue weighted by molar-refractivity contribution is -0.143. The maximum absolute atomic E-state index is 12.2. The number of amides is 1. The molecule has 1 heterocycles. The first-order valence-corrected chi connectivity index (χ1v) is 6.17. The molecule has 0 aliphatic rings. The second-order valence-corrected chi connectivity index (χ2v) is 5.62. The normalized spacial score (nSPS) is 11.3. The van der Waals surface area contributed by atoms with Crippen LogP contribution in [0.3, 0.4) is 0 Å². The van der Waals surface area contributed by atoms with Crippen LogP contribution in [0.5, 0.6) is 0 Å². The molecule has 5 heteroatoms. The summed E-state index contributed by atoms with van der Waals surface area (Å²) in [5.74, 6) is -1.13. The number of thiophene rings is 1. The van der Waals surface area contributed by atoms with Gasteiger partial charge in [0.1, 0.15) is 5.00 Å². The third kappa shape index (κ3) is 3.06. The van der Waals surface area contributed by atoms with Crippen LogP contribution in [0.4, 0.5) is 5.00 Å². The number of aliphatic carboxylic acids is 1. The summed E-state index contributed by atoms with van der Waals surface area (Å²) in [6.45, 7) is 5.24. The minimum atomic E-state index is -0.959. The van der Waals surface area contributed by atoms with E-state index in [1.165, 1.54) is 11.3 Å². The molecule has 1 amide bonds. The molecule has 0 saturated heterocycles. The molecule has 0 bridgehead atoms. The van der Waals surface area contributed by atoms with Crippen LogP contribution in [0.2, 0.25) is 0 Å². The van der Waals surface area contributed by atoms with Crippen molar-refractivity contribution < 1.29 is 14.7 Å². The van der Waals surface area contributed by atoms with Gasteiger partial charge >= 0.3 is 5.97 Å². The quantitative estimate of drug-likeness (QED) is 0.899. The second-order valence-electron chi connectivity index (χ2n) is 4.73. The fourth-order valence-electron chi connectivity index (χ4n) is 1.71. The van der Waals surface area contributed by atoms with Gasteiger partial charge < -0.3 is 10.0 Å². The van der Waals surface area contributed by atoms with Crippen LogP contribution in [-0.4, -0.2) is 24.0 Å². The van der Waals surface area contributed by atoms with E-state index in [1.807, 2.05) is 18.4 Å². The van der Waals surface area contributed by atoms with E-state index in [0.717, 1.165) is 10.6 Å². The van der Waals surface area contributed by atoms with Gasteiger partial charge in [0.25, 0.3) is 0 Å². The molecule has 1 aromatic heterocycles. The van der Waals surface area contributed by atoms with Crippen molar-refractivity contribution in [1.82, 2.24) is 0 Å². The van der Waals surface area contributed by atoms with Crippen molar-refractivity contribution in [2.45, 2.75) is 27.2 Å². The van der Waals surface area contributed by atoms with Crippen molar-refractivity contribution in [3.8, 4) is 0 Å². The molecule has 94 valence electrons. The van der Waals surface area contributed by atoms with Crippen molar-refractivity contribution in [2.75, 3.05) is 11.9 Å². The van der Waals surface area contributed by atoms with Crippen LogP contribution in [0, 0.1) is 12.3 Å². The Balaban J connectivity index is 2.90. The van der Waals surface area contributed by atoms with E-state index >= 15 is 0 Å². The van der Waals surface area contributed by atoms with Gasteiger partial charge in [-0.25, -0.2) is 0 Å². The molecule has 4 nitrogen and oxygen atoms in total. The Labute approximate surface area is 105 Å². The summed E-state index contributed by atoms with van der Waals surface area (Å²) in [6.07, 6.45) is -0.166. The first kappa shape index (κ1) is 13.7. The van der Waals surface area contributed by atoms with E-state index in [9.17, 15) is 9.59 Å². The number of aryl methyl sites for hydroxylation is 1. The van der Waals surface area contributed by atoms with Gasteiger partial charge in [0.15, 0.2) is 0 Å². The number of carbonyl (C=O) groups is 2. The molecular formula is C12H17NO3S. The summed E-state index contributed by atoms with van der Waals surface area (Å²) in [6, 6.07) is 1.94. The summed E-state index contributed by atoms with van der Waals surface area (Å²) in [5, 5.41) is 11.6. The van der Waals surface area contributed by atoms with Crippen molar-refractivity contribution in [2.24, 2.45) is 5.41 Å². The third-order valence-corrected chi connectivity index (χ3v) is 3.71. The van der Waals surface area contributed by atoms with Crippen LogP contribution in [0.1, 0.15) is 25.8 Å². The van der Waals surface area contributed by atoms with Crippen LogP contribution in [-0.2, 0) is 9.59 Å². The maximum Gasteiger partial charge on any atom is 0.304 e. The number of rotatable bonds is 4. The van der Waals surface area contributed by atoms with Crippen molar-refractivity contribution >= 4 is 28.2 Å². The van der Waals surface area contributed by atoms with Gasteiger partial charge in [-0.2, -0.15) is 0 Å². The van der Waals surface area contributed by atoms with Crippen LogP contribution >= 0.6 is 11.3 Å². The molecule has 1 aromatic rings. The number of nitrogens with zero attached hydrogens (tertiary/aromatic N) is 1. The molecular weight excluding hydrogens is 238 g/mol. The first-order valence-electron chi connectivity index (χ1n) is 5.30. The Hall–Kier alpha value is -1.36. The van der Waals surface area contributed by atoms with Crippen molar-refractivity contribution in [1.29, 1.82) is 0 Å².